The van der Waals surface area contributed by atoms with Crippen molar-refractivity contribution in [3.8, 4) is 5.88 Å². The van der Waals surface area contributed by atoms with Gasteiger partial charge in [-0.15, -0.1) is 0 Å². The molecule has 14 heteroatoms. The van der Waals surface area contributed by atoms with Crippen molar-refractivity contribution in [2.24, 2.45) is 4.36 Å². The number of nitrogens with zero attached hydrogens (tertiary/aromatic N) is 3. The van der Waals surface area contributed by atoms with E-state index in [9.17, 15) is 18.0 Å². The van der Waals surface area contributed by atoms with Crippen LogP contribution in [0.2, 0.25) is 0 Å². The van der Waals surface area contributed by atoms with Gasteiger partial charge in [0.1, 0.15) is 0 Å². The first-order valence-electron chi connectivity index (χ1n) is 8.17. The number of anilines is 1. The van der Waals surface area contributed by atoms with Gasteiger partial charge in [-0.3, -0.25) is 5.32 Å². The molecule has 166 valence electrons. The van der Waals surface area contributed by atoms with Crippen LogP contribution in [-0.2, 0) is 25.7 Å². The number of benzene rings is 1. The van der Waals surface area contributed by atoms with Crippen LogP contribution in [0.15, 0.2) is 40.8 Å². The van der Waals surface area contributed by atoms with Gasteiger partial charge in [0.25, 0.3) is 0 Å². The van der Waals surface area contributed by atoms with Gasteiger partial charge in [0, 0.05) is 11.8 Å². The Morgan fingerprint density at radius 1 is 1.13 bits per heavy atom. The van der Waals surface area contributed by atoms with E-state index >= 15 is 0 Å². The summed E-state index contributed by atoms with van der Waals surface area (Å²) in [5.74, 6) is 0.134. The number of hydrogen-bond donors (Lipinski definition) is 1. The second-order valence-corrected chi connectivity index (χ2v) is 7.26. The molecule has 0 atom stereocenters. The molecule has 0 radical (unpaired) electrons. The lowest BCUT2D eigenvalue weighted by Gasteiger charge is -2.06. The standard InChI is InChI=1S/C9H10N4O5S3.C8H8O2/c1-17-6-3-5(4-20-9(19)18-2)10-7(11-6)12-8(14)13-21(15)16;1-10-8(9)7-5-3-2-4-6-7/h3H,4H2,1-2H3,(H,10,11,12,14);2-6H,1H3. The molecule has 0 bridgehead atoms. The predicted octanol–water partition coefficient (Wildman–Crippen LogP) is 2.72. The first kappa shape index (κ1) is 25.9. The van der Waals surface area contributed by atoms with Gasteiger partial charge in [0.15, 0.2) is 0 Å². The van der Waals surface area contributed by atoms with E-state index in [1.807, 2.05) is 6.07 Å². The van der Waals surface area contributed by atoms with E-state index in [0.717, 1.165) is 0 Å². The molecule has 31 heavy (non-hydrogen) atoms. The first-order chi connectivity index (χ1) is 14.8. The highest BCUT2D eigenvalue weighted by Gasteiger charge is 2.09. The highest BCUT2D eigenvalue weighted by molar-refractivity contribution is 8.22. The van der Waals surface area contributed by atoms with E-state index in [2.05, 4.69) is 24.4 Å². The van der Waals surface area contributed by atoms with Crippen molar-refractivity contribution in [2.45, 2.75) is 5.75 Å². The van der Waals surface area contributed by atoms with Crippen LogP contribution < -0.4 is 10.1 Å². The largest absolute Gasteiger partial charge is 0.482 e. The minimum atomic E-state index is -2.85. The second-order valence-electron chi connectivity index (χ2n) is 5.06. The quantitative estimate of drug-likeness (QED) is 0.491. The zero-order chi connectivity index (χ0) is 23.2. The van der Waals surface area contributed by atoms with Crippen molar-refractivity contribution < 1.29 is 32.2 Å². The van der Waals surface area contributed by atoms with Gasteiger partial charge in [0.2, 0.25) is 16.2 Å². The molecule has 1 aromatic heterocycles. The summed E-state index contributed by atoms with van der Waals surface area (Å²) in [4.78, 5) is 29.9. The Hall–Kier alpha value is -3.10. The summed E-state index contributed by atoms with van der Waals surface area (Å²) in [5.41, 5.74) is 1.09. The third-order valence-corrected chi connectivity index (χ3v) is 4.72. The highest BCUT2D eigenvalue weighted by atomic mass is 32.2. The summed E-state index contributed by atoms with van der Waals surface area (Å²) in [6.07, 6.45) is 0. The number of ether oxygens (including phenoxy) is 3. The van der Waals surface area contributed by atoms with Crippen molar-refractivity contribution in [3.05, 3.63) is 47.7 Å². The van der Waals surface area contributed by atoms with Gasteiger partial charge in [-0.1, -0.05) is 34.3 Å². The Labute approximate surface area is 189 Å². The fraction of sp³-hybridized carbons (Fsp3) is 0.235. The second kappa shape index (κ2) is 14.0. The molecular formula is C17H18N4O7S3. The zero-order valence-corrected chi connectivity index (χ0v) is 19.0. The van der Waals surface area contributed by atoms with E-state index in [1.165, 1.54) is 33.1 Å². The minimum Gasteiger partial charge on any atom is -0.482 e. The maximum absolute atomic E-state index is 11.2. The van der Waals surface area contributed by atoms with Gasteiger partial charge < -0.3 is 14.2 Å². The van der Waals surface area contributed by atoms with Gasteiger partial charge >= 0.3 is 22.5 Å². The predicted molar refractivity (Wildman–Crippen MR) is 118 cm³/mol. The number of esters is 1. The summed E-state index contributed by atoms with van der Waals surface area (Å²) in [6.45, 7) is 0. The average Bonchev–Trinajstić information content (AvgIpc) is 2.77. The highest BCUT2D eigenvalue weighted by Crippen LogP contribution is 2.18. The number of methoxy groups -OCH3 is 3. The SMILES string of the molecule is COC(=O)c1ccccc1.COC(=S)SCc1cc(OC)nc(NC(=O)N=S(=O)=O)n1. The smallest absolute Gasteiger partial charge is 0.362 e. The Bertz CT molecular complexity index is 1040. The molecule has 0 aliphatic heterocycles. The number of thiocarbonyl (C=S) groups is 1. The average molecular weight is 487 g/mol. The summed E-state index contributed by atoms with van der Waals surface area (Å²) >= 11 is 6.09. The normalized spacial score (nSPS) is 9.39. The molecule has 1 aromatic carbocycles. The van der Waals surface area contributed by atoms with Gasteiger partial charge in [0.05, 0.1) is 32.6 Å². The number of urea groups is 1. The van der Waals surface area contributed by atoms with Crippen LogP contribution in [-0.4, -0.2) is 56.1 Å². The van der Waals surface area contributed by atoms with Crippen molar-refractivity contribution >= 4 is 56.8 Å². The molecular weight excluding hydrogens is 468 g/mol. The fourth-order valence-electron chi connectivity index (χ4n) is 1.78. The number of nitrogens with one attached hydrogen (secondary N) is 1. The van der Waals surface area contributed by atoms with Crippen LogP contribution in [0.3, 0.4) is 0 Å². The van der Waals surface area contributed by atoms with Crippen LogP contribution in [0.5, 0.6) is 5.88 Å². The monoisotopic (exact) mass is 486 g/mol. The number of carbonyl (C=O) groups is 2. The van der Waals surface area contributed by atoms with Gasteiger partial charge in [-0.05, 0) is 24.4 Å². The van der Waals surface area contributed by atoms with Crippen LogP contribution in [0, 0.1) is 0 Å². The number of thioether (sulfide) groups is 1. The molecule has 0 unspecified atom stereocenters. The third kappa shape index (κ3) is 10.5. The molecule has 2 amide bonds. The van der Waals surface area contributed by atoms with Crippen LogP contribution in [0.25, 0.3) is 0 Å². The Kier molecular flexibility index (Phi) is 11.7. The maximum atomic E-state index is 11.2. The number of hydrogen-bond acceptors (Lipinski definition) is 11. The first-order valence-corrected chi connectivity index (χ1v) is 10.6. The number of carbonyl (C=O) groups excluding carboxylic acids is 2. The summed E-state index contributed by atoms with van der Waals surface area (Å²) < 4.78 is 37.9. The van der Waals surface area contributed by atoms with Crippen molar-refractivity contribution in [1.82, 2.24) is 9.97 Å². The lowest BCUT2D eigenvalue weighted by Crippen LogP contribution is -2.11. The van der Waals surface area contributed by atoms with Crippen LogP contribution in [0.4, 0.5) is 10.7 Å². The summed E-state index contributed by atoms with van der Waals surface area (Å²) in [6, 6.07) is 9.31. The van der Waals surface area contributed by atoms with E-state index < -0.39 is 16.5 Å². The lowest BCUT2D eigenvalue weighted by atomic mass is 10.2. The molecule has 11 nitrogen and oxygen atoms in total. The molecule has 0 saturated carbocycles. The van der Waals surface area contributed by atoms with Crippen molar-refractivity contribution in [2.75, 3.05) is 26.6 Å². The molecule has 1 heterocycles. The number of aromatic nitrogens is 2. The lowest BCUT2D eigenvalue weighted by molar-refractivity contribution is 0.0600. The summed E-state index contributed by atoms with van der Waals surface area (Å²) in [5, 5.41) is 2.12. The van der Waals surface area contributed by atoms with Gasteiger partial charge in [-0.25, -0.2) is 14.6 Å². The Morgan fingerprint density at radius 2 is 1.81 bits per heavy atom. The molecule has 0 saturated heterocycles. The molecule has 0 aliphatic carbocycles. The molecule has 0 aliphatic rings. The maximum Gasteiger partial charge on any atom is 0.362 e. The number of rotatable bonds is 5. The summed E-state index contributed by atoms with van der Waals surface area (Å²) in [7, 11) is 1.36. The number of amides is 2. The van der Waals surface area contributed by atoms with Gasteiger partial charge in [-0.2, -0.15) is 13.4 Å². The topological polar surface area (TPSA) is 146 Å². The zero-order valence-electron chi connectivity index (χ0n) is 16.6. The van der Waals surface area contributed by atoms with Crippen LogP contribution >= 0.6 is 24.0 Å². The van der Waals surface area contributed by atoms with E-state index in [4.69, 9.17) is 21.7 Å². The molecule has 0 fully saturated rings. The molecule has 2 aromatic rings. The minimum absolute atomic E-state index is 0.132. The molecule has 2 rings (SSSR count). The van der Waals surface area contributed by atoms with Crippen LogP contribution in [0.1, 0.15) is 16.1 Å². The fourth-order valence-corrected chi connectivity index (χ4v) is 2.67. The Morgan fingerprint density at radius 3 is 2.35 bits per heavy atom. The third-order valence-electron chi connectivity index (χ3n) is 3.04. The molecule has 0 spiro atoms. The van der Waals surface area contributed by atoms with E-state index in [-0.39, 0.29) is 17.8 Å². The van der Waals surface area contributed by atoms with Crippen molar-refractivity contribution in [3.63, 3.8) is 0 Å². The van der Waals surface area contributed by atoms with Crippen molar-refractivity contribution in [1.29, 1.82) is 0 Å². The van der Waals surface area contributed by atoms with E-state index in [0.29, 0.717) is 21.4 Å². The van der Waals surface area contributed by atoms with E-state index in [1.54, 1.807) is 30.3 Å². The molecule has 1 N–H and O–H groups in total. The Balaban J connectivity index is 0.000000399.